The Morgan fingerprint density at radius 2 is 1.86 bits per heavy atom. The van der Waals surface area contributed by atoms with Gasteiger partial charge in [-0.3, -0.25) is 4.79 Å². The Balaban J connectivity index is 3.08. The van der Waals surface area contributed by atoms with Crippen molar-refractivity contribution in [3.8, 4) is 0 Å². The summed E-state index contributed by atoms with van der Waals surface area (Å²) in [5, 5.41) is 0.737. The van der Waals surface area contributed by atoms with Crippen LogP contribution >= 0.6 is 46.4 Å². The highest BCUT2D eigenvalue weighted by Crippen LogP contribution is 2.22. The number of hydrogen-bond acceptors (Lipinski definition) is 1. The quantitative estimate of drug-likeness (QED) is 0.571. The van der Waals surface area contributed by atoms with Gasteiger partial charge in [0.25, 0.3) is 0 Å². The van der Waals surface area contributed by atoms with Gasteiger partial charge in [-0.1, -0.05) is 46.4 Å². The van der Waals surface area contributed by atoms with Gasteiger partial charge in [0, 0.05) is 16.7 Å². The number of benzene rings is 1. The summed E-state index contributed by atoms with van der Waals surface area (Å²) >= 11 is 22.1. The first-order chi connectivity index (χ1) is 6.50. The fraction of sp³-hybridized carbons (Fsp3) is 0. The van der Waals surface area contributed by atoms with Crippen LogP contribution in [0.5, 0.6) is 0 Å². The third-order valence-electron chi connectivity index (χ3n) is 1.44. The molecule has 1 nitrogen and oxygen atoms in total. The number of ketones is 1. The van der Waals surface area contributed by atoms with Crippen molar-refractivity contribution in [3.63, 3.8) is 0 Å². The lowest BCUT2D eigenvalue weighted by Crippen LogP contribution is -1.95. The highest BCUT2D eigenvalue weighted by Gasteiger charge is 2.08. The van der Waals surface area contributed by atoms with Crippen LogP contribution in [0.2, 0.25) is 10.0 Å². The maximum atomic E-state index is 11.4. The summed E-state index contributed by atoms with van der Waals surface area (Å²) in [6.45, 7) is 0. The molecule has 0 fully saturated rings. The molecule has 1 rings (SSSR count). The Hall–Kier alpha value is -0.210. The predicted octanol–water partition coefficient (Wildman–Crippen LogP) is 4.50. The molecule has 0 atom stereocenters. The van der Waals surface area contributed by atoms with Crippen molar-refractivity contribution >= 4 is 52.2 Å². The Morgan fingerprint density at radius 3 is 2.36 bits per heavy atom. The molecule has 14 heavy (non-hydrogen) atoms. The lowest BCUT2D eigenvalue weighted by molar-refractivity contribution is 0.104. The first-order valence-electron chi connectivity index (χ1n) is 3.53. The van der Waals surface area contributed by atoms with Crippen LogP contribution in [0.15, 0.2) is 28.8 Å². The lowest BCUT2D eigenvalue weighted by atomic mass is 10.1. The number of hydrogen-bond donors (Lipinski definition) is 0. The Kier molecular flexibility index (Phi) is 4.27. The van der Waals surface area contributed by atoms with Crippen LogP contribution in [0.1, 0.15) is 10.4 Å². The SMILES string of the molecule is O=C(C=C(Cl)Cl)c1ccc(Cl)cc1Cl. The molecular weight excluding hydrogens is 266 g/mol. The monoisotopic (exact) mass is 268 g/mol. The van der Waals surface area contributed by atoms with Gasteiger partial charge in [0.15, 0.2) is 5.78 Å². The summed E-state index contributed by atoms with van der Waals surface area (Å²) in [5.74, 6) is -0.355. The zero-order chi connectivity index (χ0) is 10.7. The van der Waals surface area contributed by atoms with Crippen molar-refractivity contribution in [2.75, 3.05) is 0 Å². The normalized spacial score (nSPS) is 9.71. The number of carbonyl (C=O) groups excluding carboxylic acids is 1. The molecular formula is C9H4Cl4O. The van der Waals surface area contributed by atoms with Gasteiger partial charge >= 0.3 is 0 Å². The molecule has 0 unspecified atom stereocenters. The van der Waals surface area contributed by atoms with Crippen molar-refractivity contribution in [2.45, 2.75) is 0 Å². The molecule has 0 bridgehead atoms. The standard InChI is InChI=1S/C9H4Cl4O/c10-5-1-2-6(7(11)3-5)8(14)4-9(12)13/h1-4H. The zero-order valence-corrected chi connectivity index (χ0v) is 9.75. The van der Waals surface area contributed by atoms with Gasteiger partial charge < -0.3 is 0 Å². The fourth-order valence-electron chi connectivity index (χ4n) is 0.866. The minimum Gasteiger partial charge on any atom is -0.289 e. The second-order valence-electron chi connectivity index (χ2n) is 2.42. The Bertz CT molecular complexity index is 394. The van der Waals surface area contributed by atoms with Crippen LogP contribution in [-0.2, 0) is 0 Å². The first-order valence-corrected chi connectivity index (χ1v) is 5.04. The highest BCUT2D eigenvalue weighted by atomic mass is 35.5. The van der Waals surface area contributed by atoms with Gasteiger partial charge in [0.1, 0.15) is 4.49 Å². The fourth-order valence-corrected chi connectivity index (χ4v) is 1.57. The third kappa shape index (κ3) is 3.18. The van der Waals surface area contributed by atoms with E-state index in [1.165, 1.54) is 12.1 Å². The van der Waals surface area contributed by atoms with E-state index in [2.05, 4.69) is 0 Å². The summed E-state index contributed by atoms with van der Waals surface area (Å²) in [5.41, 5.74) is 0.315. The summed E-state index contributed by atoms with van der Waals surface area (Å²) in [6.07, 6.45) is 1.08. The molecule has 0 aromatic heterocycles. The van der Waals surface area contributed by atoms with Gasteiger partial charge in [0.05, 0.1) is 5.02 Å². The smallest absolute Gasteiger partial charge is 0.189 e. The van der Waals surface area contributed by atoms with E-state index >= 15 is 0 Å². The lowest BCUT2D eigenvalue weighted by Gasteiger charge is -1.99. The van der Waals surface area contributed by atoms with E-state index in [-0.39, 0.29) is 15.3 Å². The third-order valence-corrected chi connectivity index (χ3v) is 2.20. The van der Waals surface area contributed by atoms with Crippen molar-refractivity contribution < 1.29 is 4.79 Å². The second-order valence-corrected chi connectivity index (χ2v) is 4.27. The Labute approximate surface area is 101 Å². The molecule has 0 saturated heterocycles. The van der Waals surface area contributed by atoms with E-state index in [0.29, 0.717) is 10.6 Å². The number of carbonyl (C=O) groups is 1. The molecule has 0 aliphatic rings. The van der Waals surface area contributed by atoms with E-state index in [1.807, 2.05) is 0 Å². The number of halogens is 4. The molecule has 0 saturated carbocycles. The molecule has 1 aromatic rings. The van der Waals surface area contributed by atoms with Gasteiger partial charge in [-0.25, -0.2) is 0 Å². The molecule has 0 amide bonds. The van der Waals surface area contributed by atoms with Crippen LogP contribution in [0.4, 0.5) is 0 Å². The van der Waals surface area contributed by atoms with Crippen LogP contribution in [0.3, 0.4) is 0 Å². The van der Waals surface area contributed by atoms with Gasteiger partial charge in [-0.05, 0) is 18.2 Å². The predicted molar refractivity (Wildman–Crippen MR) is 60.6 cm³/mol. The van der Waals surface area contributed by atoms with Crippen molar-refractivity contribution in [1.82, 2.24) is 0 Å². The molecule has 0 heterocycles. The van der Waals surface area contributed by atoms with Crippen LogP contribution in [-0.4, -0.2) is 5.78 Å². The number of rotatable bonds is 2. The summed E-state index contributed by atoms with van der Waals surface area (Å²) in [6, 6.07) is 4.56. The maximum absolute atomic E-state index is 11.4. The molecule has 0 aliphatic heterocycles. The zero-order valence-electron chi connectivity index (χ0n) is 6.73. The summed E-state index contributed by atoms with van der Waals surface area (Å²) < 4.78 is -0.110. The number of allylic oxidation sites excluding steroid dienone is 1. The van der Waals surface area contributed by atoms with Gasteiger partial charge in [-0.15, -0.1) is 0 Å². The van der Waals surface area contributed by atoms with Crippen molar-refractivity contribution in [2.24, 2.45) is 0 Å². The summed E-state index contributed by atoms with van der Waals surface area (Å²) in [4.78, 5) is 11.4. The van der Waals surface area contributed by atoms with Crippen LogP contribution < -0.4 is 0 Å². The molecule has 5 heteroatoms. The average molecular weight is 270 g/mol. The molecule has 74 valence electrons. The van der Waals surface area contributed by atoms with Gasteiger partial charge in [-0.2, -0.15) is 0 Å². The van der Waals surface area contributed by atoms with E-state index < -0.39 is 0 Å². The molecule has 0 aliphatic carbocycles. The van der Waals surface area contributed by atoms with Crippen molar-refractivity contribution in [3.05, 3.63) is 44.4 Å². The maximum Gasteiger partial charge on any atom is 0.189 e. The van der Waals surface area contributed by atoms with E-state index in [1.54, 1.807) is 6.07 Å². The van der Waals surface area contributed by atoms with Crippen LogP contribution in [0, 0.1) is 0 Å². The minimum absolute atomic E-state index is 0.110. The summed E-state index contributed by atoms with van der Waals surface area (Å²) in [7, 11) is 0. The second kappa shape index (κ2) is 5.04. The minimum atomic E-state index is -0.355. The average Bonchev–Trinajstić information content (AvgIpc) is 2.01. The largest absolute Gasteiger partial charge is 0.289 e. The Morgan fingerprint density at radius 1 is 1.21 bits per heavy atom. The van der Waals surface area contributed by atoms with E-state index in [9.17, 15) is 4.79 Å². The van der Waals surface area contributed by atoms with Gasteiger partial charge in [0.2, 0.25) is 0 Å². The molecule has 0 radical (unpaired) electrons. The molecule has 0 N–H and O–H groups in total. The van der Waals surface area contributed by atoms with E-state index in [4.69, 9.17) is 46.4 Å². The molecule has 0 spiro atoms. The molecule has 1 aromatic carbocycles. The van der Waals surface area contributed by atoms with E-state index in [0.717, 1.165) is 6.08 Å². The van der Waals surface area contributed by atoms with Crippen LogP contribution in [0.25, 0.3) is 0 Å². The topological polar surface area (TPSA) is 17.1 Å². The van der Waals surface area contributed by atoms with Crippen molar-refractivity contribution in [1.29, 1.82) is 0 Å². The highest BCUT2D eigenvalue weighted by molar-refractivity contribution is 6.57. The first kappa shape index (κ1) is 11.9.